The van der Waals surface area contributed by atoms with Gasteiger partial charge in [0.25, 0.3) is 6.43 Å². The van der Waals surface area contributed by atoms with E-state index < -0.39 is 29.2 Å². The lowest BCUT2D eigenvalue weighted by Gasteiger charge is -2.14. The molecular formula is C9H8Cl2F5N. The van der Waals surface area contributed by atoms with E-state index in [-0.39, 0.29) is 18.0 Å². The van der Waals surface area contributed by atoms with Gasteiger partial charge in [0.05, 0.1) is 16.6 Å². The maximum absolute atomic E-state index is 12.3. The molecule has 0 unspecified atom stereocenters. The third-order valence-electron chi connectivity index (χ3n) is 1.95. The molecule has 0 aromatic heterocycles. The molecule has 8 heteroatoms. The zero-order valence-electron chi connectivity index (χ0n) is 8.14. The summed E-state index contributed by atoms with van der Waals surface area (Å²) in [5, 5.41) is -0.638. The predicted octanol–water partition coefficient (Wildman–Crippen LogP) is 4.05. The van der Waals surface area contributed by atoms with Crippen molar-refractivity contribution in [3.05, 3.63) is 34.3 Å². The Hall–Kier alpha value is -0.590. The molecule has 0 spiro atoms. The van der Waals surface area contributed by atoms with Gasteiger partial charge in [0.1, 0.15) is 0 Å². The molecule has 98 valence electrons. The molecule has 0 amide bonds. The van der Waals surface area contributed by atoms with Crippen LogP contribution in [-0.4, -0.2) is 6.43 Å². The molecule has 1 aromatic carbocycles. The molecule has 0 fully saturated rings. The fourth-order valence-electron chi connectivity index (χ4n) is 1.11. The third-order valence-corrected chi connectivity index (χ3v) is 2.27. The quantitative estimate of drug-likeness (QED) is 0.819. The van der Waals surface area contributed by atoms with Crippen molar-refractivity contribution < 1.29 is 22.0 Å². The molecule has 1 nitrogen and oxygen atoms in total. The summed E-state index contributed by atoms with van der Waals surface area (Å²) in [7, 11) is 0. The van der Waals surface area contributed by atoms with E-state index in [2.05, 4.69) is 0 Å². The largest absolute Gasteiger partial charge is 0.417 e. The Balaban J connectivity index is 0.00000256. The fourth-order valence-corrected chi connectivity index (χ4v) is 1.41. The average Bonchev–Trinajstić information content (AvgIpc) is 2.14. The number of rotatable bonds is 2. The Morgan fingerprint density at radius 1 is 1.18 bits per heavy atom. The highest BCUT2D eigenvalue weighted by Crippen LogP contribution is 2.36. The highest BCUT2D eigenvalue weighted by atomic mass is 35.5. The summed E-state index contributed by atoms with van der Waals surface area (Å²) in [4.78, 5) is 0. The first-order valence-corrected chi connectivity index (χ1v) is 4.51. The Labute approximate surface area is 105 Å². The lowest BCUT2D eigenvalue weighted by atomic mass is 10.1. The Kier molecular flexibility index (Phi) is 5.64. The van der Waals surface area contributed by atoms with Gasteiger partial charge in [0.2, 0.25) is 0 Å². The summed E-state index contributed by atoms with van der Waals surface area (Å²) in [6.07, 6.45) is -7.46. The van der Waals surface area contributed by atoms with E-state index in [1.54, 1.807) is 0 Å². The van der Waals surface area contributed by atoms with Gasteiger partial charge in [-0.15, -0.1) is 12.4 Å². The minimum absolute atomic E-state index is 0. The van der Waals surface area contributed by atoms with Gasteiger partial charge >= 0.3 is 6.18 Å². The molecule has 0 aliphatic carbocycles. The number of hydrogen-bond donors (Lipinski definition) is 1. The maximum Gasteiger partial charge on any atom is 0.417 e. The number of alkyl halides is 5. The smallest absolute Gasteiger partial charge is 0.319 e. The van der Waals surface area contributed by atoms with Crippen molar-refractivity contribution in [2.75, 3.05) is 0 Å². The number of benzene rings is 1. The van der Waals surface area contributed by atoms with Gasteiger partial charge < -0.3 is 5.73 Å². The minimum atomic E-state index is -4.61. The first-order chi connectivity index (χ1) is 7.23. The lowest BCUT2D eigenvalue weighted by Crippen LogP contribution is -2.19. The fraction of sp³-hybridized carbons (Fsp3) is 0.333. The van der Waals surface area contributed by atoms with Crippen LogP contribution in [0.2, 0.25) is 5.02 Å². The van der Waals surface area contributed by atoms with Crippen molar-refractivity contribution >= 4 is 24.0 Å². The van der Waals surface area contributed by atoms with Crippen LogP contribution in [0.5, 0.6) is 0 Å². The van der Waals surface area contributed by atoms with E-state index in [0.29, 0.717) is 6.07 Å². The van der Waals surface area contributed by atoms with Crippen molar-refractivity contribution in [2.24, 2.45) is 5.73 Å². The first-order valence-electron chi connectivity index (χ1n) is 4.14. The molecule has 0 aliphatic heterocycles. The third kappa shape index (κ3) is 3.97. The zero-order chi connectivity index (χ0) is 12.5. The van der Waals surface area contributed by atoms with Crippen LogP contribution in [0, 0.1) is 0 Å². The van der Waals surface area contributed by atoms with Gasteiger partial charge in [-0.1, -0.05) is 17.7 Å². The van der Waals surface area contributed by atoms with Gasteiger partial charge in [0, 0.05) is 0 Å². The molecule has 1 atom stereocenters. The second-order valence-electron chi connectivity index (χ2n) is 3.10. The summed E-state index contributed by atoms with van der Waals surface area (Å²) in [5.74, 6) is 0. The van der Waals surface area contributed by atoms with E-state index in [1.807, 2.05) is 0 Å². The van der Waals surface area contributed by atoms with Gasteiger partial charge in [-0.3, -0.25) is 0 Å². The van der Waals surface area contributed by atoms with Crippen molar-refractivity contribution in [3.8, 4) is 0 Å². The predicted molar refractivity (Wildman–Crippen MR) is 56.6 cm³/mol. The van der Waals surface area contributed by atoms with Crippen LogP contribution in [0.1, 0.15) is 17.2 Å². The van der Waals surface area contributed by atoms with Gasteiger partial charge in [-0.2, -0.15) is 13.2 Å². The monoisotopic (exact) mass is 295 g/mol. The molecule has 0 heterocycles. The normalized spacial score (nSPS) is 13.4. The van der Waals surface area contributed by atoms with Gasteiger partial charge in [-0.25, -0.2) is 8.78 Å². The number of halogens is 7. The van der Waals surface area contributed by atoms with Crippen LogP contribution in [0.15, 0.2) is 18.2 Å². The Morgan fingerprint density at radius 2 is 1.71 bits per heavy atom. The van der Waals surface area contributed by atoms with Crippen molar-refractivity contribution in [1.82, 2.24) is 0 Å². The SMILES string of the molecule is Cl.N[C@H](c1ccc(C(F)(F)F)c(Cl)c1)C(F)F. The van der Waals surface area contributed by atoms with Gasteiger partial charge in [-0.05, 0) is 17.7 Å². The molecule has 0 saturated heterocycles. The number of nitrogens with two attached hydrogens (primary N) is 1. The first kappa shape index (κ1) is 16.4. The molecule has 2 N–H and O–H groups in total. The molecule has 0 bridgehead atoms. The molecule has 1 aromatic rings. The molecule has 1 rings (SSSR count). The molecule has 17 heavy (non-hydrogen) atoms. The van der Waals surface area contributed by atoms with Crippen LogP contribution >= 0.6 is 24.0 Å². The summed E-state index contributed by atoms with van der Waals surface area (Å²) < 4.78 is 61.2. The summed E-state index contributed by atoms with van der Waals surface area (Å²) in [6.45, 7) is 0. The van der Waals surface area contributed by atoms with E-state index in [1.165, 1.54) is 0 Å². The van der Waals surface area contributed by atoms with Crippen molar-refractivity contribution in [1.29, 1.82) is 0 Å². The van der Waals surface area contributed by atoms with Gasteiger partial charge in [0.15, 0.2) is 0 Å². The molecular weight excluding hydrogens is 288 g/mol. The maximum atomic E-state index is 12.3. The van der Waals surface area contributed by atoms with E-state index in [9.17, 15) is 22.0 Å². The number of hydrogen-bond acceptors (Lipinski definition) is 1. The standard InChI is InChI=1S/C9H7ClF5N.ClH/c10-6-3-4(7(16)8(11)12)1-2-5(6)9(13,14)15;/h1-3,7-8H,16H2;1H/t7-;/m1./s1. The summed E-state index contributed by atoms with van der Waals surface area (Å²) >= 11 is 5.34. The van der Waals surface area contributed by atoms with Crippen molar-refractivity contribution in [2.45, 2.75) is 18.6 Å². The minimum Gasteiger partial charge on any atom is -0.319 e. The zero-order valence-corrected chi connectivity index (χ0v) is 9.71. The van der Waals surface area contributed by atoms with Crippen LogP contribution in [0.3, 0.4) is 0 Å². The van der Waals surface area contributed by atoms with Crippen LogP contribution < -0.4 is 5.73 Å². The highest BCUT2D eigenvalue weighted by molar-refractivity contribution is 6.31. The van der Waals surface area contributed by atoms with Crippen molar-refractivity contribution in [3.63, 3.8) is 0 Å². The lowest BCUT2D eigenvalue weighted by molar-refractivity contribution is -0.137. The molecule has 0 aliphatic rings. The molecule has 0 radical (unpaired) electrons. The van der Waals surface area contributed by atoms with E-state index in [4.69, 9.17) is 17.3 Å². The summed E-state index contributed by atoms with van der Waals surface area (Å²) in [5.41, 5.74) is 3.87. The van der Waals surface area contributed by atoms with E-state index in [0.717, 1.165) is 12.1 Å². The topological polar surface area (TPSA) is 26.0 Å². The van der Waals surface area contributed by atoms with E-state index >= 15 is 0 Å². The second-order valence-corrected chi connectivity index (χ2v) is 3.50. The Bertz CT molecular complexity index is 380. The average molecular weight is 296 g/mol. The van der Waals surface area contributed by atoms with Crippen LogP contribution in [0.25, 0.3) is 0 Å². The Morgan fingerprint density at radius 3 is 2.06 bits per heavy atom. The highest BCUT2D eigenvalue weighted by Gasteiger charge is 2.33. The van der Waals surface area contributed by atoms with Crippen LogP contribution in [-0.2, 0) is 6.18 Å². The van der Waals surface area contributed by atoms with Crippen LogP contribution in [0.4, 0.5) is 22.0 Å². The second kappa shape index (κ2) is 5.84. The molecule has 0 saturated carbocycles. The summed E-state index contributed by atoms with van der Waals surface area (Å²) in [6, 6.07) is 0.701.